The Morgan fingerprint density at radius 3 is 2.36 bits per heavy atom. The molecule has 0 heterocycles. The summed E-state index contributed by atoms with van der Waals surface area (Å²) < 4.78 is 4.49. The minimum absolute atomic E-state index is 0. The average Bonchev–Trinajstić information content (AvgIpc) is 1.85. The van der Waals surface area contributed by atoms with Crippen LogP contribution in [0, 0.1) is 0 Å². The first-order valence-corrected chi connectivity index (χ1v) is 3.04. The number of aliphatic carboxylic acids is 1. The van der Waals surface area contributed by atoms with Gasteiger partial charge in [-0.25, -0.2) is 0 Å². The predicted octanol–water partition coefficient (Wildman–Crippen LogP) is -2.47. The van der Waals surface area contributed by atoms with E-state index in [-0.39, 0.29) is 33.1 Å². The number of carboxylic acid groups (broad SMARTS) is 1. The SMILES string of the molecule is CCOC(=O)CCC(=O)O.[H-].[Li+]. The maximum atomic E-state index is 10.5. The number of hydrogen-bond donors (Lipinski definition) is 1. The van der Waals surface area contributed by atoms with Gasteiger partial charge in [-0.1, -0.05) is 0 Å². The van der Waals surface area contributed by atoms with Crippen LogP contribution in [0.4, 0.5) is 0 Å². The first-order valence-electron chi connectivity index (χ1n) is 3.04. The van der Waals surface area contributed by atoms with E-state index in [0.29, 0.717) is 6.61 Å². The van der Waals surface area contributed by atoms with Gasteiger partial charge in [-0.15, -0.1) is 0 Å². The molecule has 5 heteroatoms. The van der Waals surface area contributed by atoms with Gasteiger partial charge in [-0.3, -0.25) is 9.59 Å². The van der Waals surface area contributed by atoms with Gasteiger partial charge in [0, 0.05) is 0 Å². The second kappa shape index (κ2) is 7.64. The van der Waals surface area contributed by atoms with E-state index in [2.05, 4.69) is 4.74 Å². The van der Waals surface area contributed by atoms with Crippen molar-refractivity contribution in [3.8, 4) is 0 Å². The minimum atomic E-state index is -0.979. The minimum Gasteiger partial charge on any atom is -1.00 e. The zero-order chi connectivity index (χ0) is 7.98. The van der Waals surface area contributed by atoms with Gasteiger partial charge in [0.25, 0.3) is 0 Å². The van der Waals surface area contributed by atoms with E-state index in [9.17, 15) is 9.59 Å². The molecule has 0 spiro atoms. The van der Waals surface area contributed by atoms with Crippen LogP contribution in [-0.4, -0.2) is 23.7 Å². The predicted molar refractivity (Wildman–Crippen MR) is 34.6 cm³/mol. The monoisotopic (exact) mass is 154 g/mol. The summed E-state index contributed by atoms with van der Waals surface area (Å²) in [6.07, 6.45) is -0.192. The molecule has 0 radical (unpaired) electrons. The third-order valence-corrected chi connectivity index (χ3v) is 0.848. The molecule has 0 unspecified atom stereocenters. The average molecular weight is 154 g/mol. The van der Waals surface area contributed by atoms with Gasteiger partial charge in [0.2, 0.25) is 0 Å². The van der Waals surface area contributed by atoms with Crippen LogP contribution >= 0.6 is 0 Å². The topological polar surface area (TPSA) is 63.6 Å². The largest absolute Gasteiger partial charge is 1.00 e. The normalized spacial score (nSPS) is 8.09. The van der Waals surface area contributed by atoms with E-state index in [1.54, 1.807) is 6.92 Å². The quantitative estimate of drug-likeness (QED) is 0.360. The zero-order valence-electron chi connectivity index (χ0n) is 7.79. The fourth-order valence-electron chi connectivity index (χ4n) is 0.442. The molecule has 0 saturated heterocycles. The summed E-state index contributed by atoms with van der Waals surface area (Å²) in [5.74, 6) is -1.43. The molecular formula is C6H11LiO4. The Hall–Kier alpha value is -0.463. The number of hydrogen-bond acceptors (Lipinski definition) is 3. The Morgan fingerprint density at radius 1 is 1.45 bits per heavy atom. The van der Waals surface area contributed by atoms with E-state index in [1.165, 1.54) is 0 Å². The molecule has 0 bridgehead atoms. The molecule has 0 aromatic rings. The van der Waals surface area contributed by atoms with Crippen molar-refractivity contribution in [2.45, 2.75) is 19.8 Å². The van der Waals surface area contributed by atoms with E-state index in [4.69, 9.17) is 5.11 Å². The maximum absolute atomic E-state index is 10.5. The molecule has 0 aliphatic heterocycles. The van der Waals surface area contributed by atoms with Crippen molar-refractivity contribution in [1.82, 2.24) is 0 Å². The molecule has 0 aromatic heterocycles. The molecular weight excluding hydrogens is 143 g/mol. The summed E-state index contributed by atoms with van der Waals surface area (Å²) in [5, 5.41) is 8.12. The summed E-state index contributed by atoms with van der Waals surface area (Å²) in [6, 6.07) is 0. The molecule has 0 atom stereocenters. The molecule has 60 valence electrons. The van der Waals surface area contributed by atoms with Gasteiger partial charge >= 0.3 is 30.8 Å². The van der Waals surface area contributed by atoms with Crippen LogP contribution in [0.2, 0.25) is 0 Å². The van der Waals surface area contributed by atoms with Gasteiger partial charge < -0.3 is 11.3 Å². The molecule has 0 aromatic carbocycles. The molecule has 1 N–H and O–H groups in total. The van der Waals surface area contributed by atoms with Crippen LogP contribution in [0.1, 0.15) is 21.2 Å². The molecule has 0 amide bonds. The van der Waals surface area contributed by atoms with E-state index in [1.807, 2.05) is 0 Å². The van der Waals surface area contributed by atoms with Crippen molar-refractivity contribution in [3.05, 3.63) is 0 Å². The van der Waals surface area contributed by atoms with Crippen molar-refractivity contribution < 1.29 is 39.7 Å². The molecule has 0 aliphatic carbocycles. The number of rotatable bonds is 4. The second-order valence-electron chi connectivity index (χ2n) is 1.70. The Morgan fingerprint density at radius 2 is 2.00 bits per heavy atom. The number of esters is 1. The van der Waals surface area contributed by atoms with E-state index < -0.39 is 11.9 Å². The van der Waals surface area contributed by atoms with Crippen molar-refractivity contribution in [1.29, 1.82) is 0 Å². The summed E-state index contributed by atoms with van der Waals surface area (Å²) in [6.45, 7) is 1.98. The van der Waals surface area contributed by atoms with Crippen LogP contribution in [0.15, 0.2) is 0 Å². The molecule has 11 heavy (non-hydrogen) atoms. The maximum Gasteiger partial charge on any atom is 1.00 e. The van der Waals surface area contributed by atoms with Crippen molar-refractivity contribution >= 4 is 11.9 Å². The number of carboxylic acids is 1. The number of ether oxygens (including phenoxy) is 1. The van der Waals surface area contributed by atoms with Crippen molar-refractivity contribution in [2.24, 2.45) is 0 Å². The van der Waals surface area contributed by atoms with Crippen LogP contribution in [0.5, 0.6) is 0 Å². The van der Waals surface area contributed by atoms with Crippen molar-refractivity contribution in [2.75, 3.05) is 6.61 Å². The summed E-state index contributed by atoms with van der Waals surface area (Å²) in [4.78, 5) is 20.4. The third-order valence-electron chi connectivity index (χ3n) is 0.848. The van der Waals surface area contributed by atoms with Crippen molar-refractivity contribution in [3.63, 3.8) is 0 Å². The van der Waals surface area contributed by atoms with Gasteiger partial charge in [0.15, 0.2) is 0 Å². The first kappa shape index (κ1) is 13.2. The Kier molecular flexibility index (Phi) is 9.14. The summed E-state index contributed by atoms with van der Waals surface area (Å²) >= 11 is 0. The van der Waals surface area contributed by atoms with Gasteiger partial charge in [0.05, 0.1) is 19.4 Å². The van der Waals surface area contributed by atoms with E-state index >= 15 is 0 Å². The fraction of sp³-hybridized carbons (Fsp3) is 0.667. The standard InChI is InChI=1S/C6H10O4.Li.H/c1-2-10-6(9)4-3-5(7)8;;/h2-4H2,1H3,(H,7,8);;/q;+1;-1. The van der Waals surface area contributed by atoms with Gasteiger partial charge in [-0.05, 0) is 6.92 Å². The van der Waals surface area contributed by atoms with Crippen LogP contribution in [0.25, 0.3) is 0 Å². The Balaban J connectivity index is -0.000000405. The molecule has 4 nitrogen and oxygen atoms in total. The summed E-state index contributed by atoms with van der Waals surface area (Å²) in [5.41, 5.74) is 0. The fourth-order valence-corrected chi connectivity index (χ4v) is 0.442. The number of carbonyl (C=O) groups is 2. The van der Waals surface area contributed by atoms with Crippen LogP contribution in [-0.2, 0) is 14.3 Å². The van der Waals surface area contributed by atoms with Gasteiger partial charge in [0.1, 0.15) is 0 Å². The molecule has 0 fully saturated rings. The molecule has 0 saturated carbocycles. The zero-order valence-corrected chi connectivity index (χ0v) is 6.79. The molecule has 0 rings (SSSR count). The Bertz CT molecular complexity index is 140. The Labute approximate surface area is 78.6 Å². The third kappa shape index (κ3) is 9.54. The number of carbonyl (C=O) groups excluding carboxylic acids is 1. The van der Waals surface area contributed by atoms with E-state index in [0.717, 1.165) is 0 Å². The summed E-state index contributed by atoms with van der Waals surface area (Å²) in [7, 11) is 0. The van der Waals surface area contributed by atoms with Gasteiger partial charge in [-0.2, -0.15) is 0 Å². The second-order valence-corrected chi connectivity index (χ2v) is 1.70. The van der Waals surface area contributed by atoms with Crippen LogP contribution < -0.4 is 18.9 Å². The smallest absolute Gasteiger partial charge is 1.00 e. The van der Waals surface area contributed by atoms with Crippen LogP contribution in [0.3, 0.4) is 0 Å². The first-order chi connectivity index (χ1) is 4.66. The molecule has 0 aliphatic rings.